The molecule has 0 aromatic heterocycles. The van der Waals surface area contributed by atoms with Crippen LogP contribution in [0.15, 0.2) is 0 Å². The van der Waals surface area contributed by atoms with Crippen molar-refractivity contribution in [3.63, 3.8) is 0 Å². The van der Waals surface area contributed by atoms with E-state index in [1.54, 1.807) is 0 Å². The molecule has 0 amide bonds. The van der Waals surface area contributed by atoms with Crippen molar-refractivity contribution in [2.45, 2.75) is 18.4 Å². The van der Waals surface area contributed by atoms with E-state index >= 15 is 0 Å². The summed E-state index contributed by atoms with van der Waals surface area (Å²) in [6.07, 6.45) is -0.757. The van der Waals surface area contributed by atoms with Gasteiger partial charge in [-0.05, 0) is 0 Å². The summed E-state index contributed by atoms with van der Waals surface area (Å²) in [6.45, 7) is 0. The van der Waals surface area contributed by atoms with Gasteiger partial charge in [0.25, 0.3) is 16.1 Å². The third kappa shape index (κ3) is 7.85. The molecule has 0 aliphatic heterocycles. The molecule has 74 valence electrons. The molecule has 0 fully saturated rings. The number of aliphatic hydroxyl groups is 3. The first-order chi connectivity index (χ1) is 5.10. The summed E-state index contributed by atoms with van der Waals surface area (Å²) in [7, 11) is -4.25. The smallest absolute Gasteiger partial charge is 0.276 e. The molecule has 6 N–H and O–H groups in total. The van der Waals surface area contributed by atoms with Crippen LogP contribution in [-0.2, 0) is 10.1 Å². The lowest BCUT2D eigenvalue weighted by atomic mass is 10.2. The normalized spacial score (nSPS) is 16.1. The molecule has 0 aromatic rings. The number of nitrogens with two attached hydrogens (primary N) is 1. The van der Waals surface area contributed by atoms with Gasteiger partial charge in [-0.2, -0.15) is 8.42 Å². The van der Waals surface area contributed by atoms with Gasteiger partial charge in [0, 0.05) is 12.5 Å². The van der Waals surface area contributed by atoms with E-state index in [0.717, 1.165) is 0 Å². The van der Waals surface area contributed by atoms with Gasteiger partial charge in [0.15, 0.2) is 0 Å². The highest BCUT2D eigenvalue weighted by Gasteiger charge is 2.25. The van der Waals surface area contributed by atoms with Gasteiger partial charge in [-0.25, -0.2) is 0 Å². The van der Waals surface area contributed by atoms with Crippen LogP contribution in [0.25, 0.3) is 0 Å². The van der Waals surface area contributed by atoms with Gasteiger partial charge >= 0.3 is 0 Å². The molecule has 0 aliphatic carbocycles. The lowest BCUT2D eigenvalue weighted by Gasteiger charge is -2.17. The van der Waals surface area contributed by atoms with Gasteiger partial charge in [0.2, 0.25) is 0 Å². The Balaban J connectivity index is 4.00. The Bertz CT molecular complexity index is 228. The highest BCUT2D eigenvalue weighted by Crippen LogP contribution is 2.04. The first kappa shape index (κ1) is 11.8. The van der Waals surface area contributed by atoms with Gasteiger partial charge in [-0.1, -0.05) is 0 Å². The highest BCUT2D eigenvalue weighted by molar-refractivity contribution is 7.85. The van der Waals surface area contributed by atoms with Gasteiger partial charge in [0.05, 0.1) is 5.75 Å². The molecule has 0 aromatic carbocycles. The van der Waals surface area contributed by atoms with Crippen LogP contribution in [-0.4, -0.2) is 46.1 Å². The van der Waals surface area contributed by atoms with Gasteiger partial charge < -0.3 is 21.1 Å². The molecule has 0 saturated heterocycles. The molecule has 0 rings (SSSR count). The molecular weight excluding hydrogens is 190 g/mol. The van der Waals surface area contributed by atoms with Crippen LogP contribution in [0.5, 0.6) is 0 Å². The zero-order chi connectivity index (χ0) is 9.99. The minimum absolute atomic E-state index is 0.757. The first-order valence-corrected chi connectivity index (χ1v) is 4.59. The predicted octanol–water partition coefficient (Wildman–Crippen LogP) is -2.78. The lowest BCUT2D eigenvalue weighted by Crippen LogP contribution is -2.40. The summed E-state index contributed by atoms with van der Waals surface area (Å²) in [4.78, 5) is 0. The molecular formula is C4H11NO6S. The van der Waals surface area contributed by atoms with Gasteiger partial charge in [0.1, 0.15) is 0 Å². The van der Waals surface area contributed by atoms with Gasteiger partial charge in [-0.15, -0.1) is 0 Å². The van der Waals surface area contributed by atoms with Crippen LogP contribution >= 0.6 is 0 Å². The van der Waals surface area contributed by atoms with E-state index in [-0.39, 0.29) is 0 Å². The SMILES string of the molecule is NC(CC(O)(O)O)CS(=O)(=O)O. The highest BCUT2D eigenvalue weighted by atomic mass is 32.2. The van der Waals surface area contributed by atoms with Crippen molar-refractivity contribution in [2.24, 2.45) is 5.73 Å². The van der Waals surface area contributed by atoms with Crippen molar-refractivity contribution in [1.82, 2.24) is 0 Å². The Labute approximate surface area is 69.2 Å². The quantitative estimate of drug-likeness (QED) is 0.245. The Morgan fingerprint density at radius 1 is 1.33 bits per heavy atom. The lowest BCUT2D eigenvalue weighted by molar-refractivity contribution is -0.315. The number of rotatable bonds is 4. The fraction of sp³-hybridized carbons (Fsp3) is 1.00. The average molecular weight is 201 g/mol. The summed E-state index contributed by atoms with van der Waals surface area (Å²) in [5, 5.41) is 25.0. The summed E-state index contributed by atoms with van der Waals surface area (Å²) >= 11 is 0. The van der Waals surface area contributed by atoms with Crippen LogP contribution in [0.2, 0.25) is 0 Å². The number of hydrogen-bond donors (Lipinski definition) is 5. The minimum Gasteiger partial charge on any atom is -0.344 e. The maximum Gasteiger partial charge on any atom is 0.276 e. The molecule has 7 nitrogen and oxygen atoms in total. The predicted molar refractivity (Wildman–Crippen MR) is 38.4 cm³/mol. The molecule has 1 unspecified atom stereocenters. The zero-order valence-electron chi connectivity index (χ0n) is 6.08. The van der Waals surface area contributed by atoms with Crippen LogP contribution in [0.3, 0.4) is 0 Å². The fourth-order valence-electron chi connectivity index (χ4n) is 0.681. The van der Waals surface area contributed by atoms with Gasteiger partial charge in [-0.3, -0.25) is 4.55 Å². The van der Waals surface area contributed by atoms with Crippen molar-refractivity contribution in [1.29, 1.82) is 0 Å². The fourth-order valence-corrected chi connectivity index (χ4v) is 1.34. The molecule has 12 heavy (non-hydrogen) atoms. The standard InChI is InChI=1S/C4H11NO6S/c5-3(1-4(6,7)8)2-12(9,10)11/h3,6-8H,1-2,5H2,(H,9,10,11). The molecule has 8 heteroatoms. The van der Waals surface area contributed by atoms with Crippen molar-refractivity contribution in [3.05, 3.63) is 0 Å². The van der Waals surface area contributed by atoms with Crippen LogP contribution in [0.1, 0.15) is 6.42 Å². The van der Waals surface area contributed by atoms with E-state index in [9.17, 15) is 8.42 Å². The summed E-state index contributed by atoms with van der Waals surface area (Å²) in [6, 6.07) is -1.24. The Hall–Kier alpha value is -0.250. The molecule has 0 heterocycles. The minimum atomic E-state index is -4.25. The van der Waals surface area contributed by atoms with Crippen LogP contribution < -0.4 is 5.73 Å². The monoisotopic (exact) mass is 201 g/mol. The molecule has 0 bridgehead atoms. The molecule has 1 atom stereocenters. The third-order valence-corrected chi connectivity index (χ3v) is 1.81. The maximum absolute atomic E-state index is 10.2. The van der Waals surface area contributed by atoms with E-state index in [4.69, 9.17) is 25.6 Å². The number of hydrogen-bond acceptors (Lipinski definition) is 6. The summed E-state index contributed by atoms with van der Waals surface area (Å²) in [5.74, 6) is -3.85. The van der Waals surface area contributed by atoms with Crippen molar-refractivity contribution in [2.75, 3.05) is 5.75 Å². The largest absolute Gasteiger partial charge is 0.344 e. The van der Waals surface area contributed by atoms with E-state index in [2.05, 4.69) is 0 Å². The van der Waals surface area contributed by atoms with Crippen molar-refractivity contribution in [3.8, 4) is 0 Å². The Kier molecular flexibility index (Phi) is 3.57. The summed E-state index contributed by atoms with van der Waals surface area (Å²) in [5.41, 5.74) is 5.03. The zero-order valence-corrected chi connectivity index (χ0v) is 6.90. The van der Waals surface area contributed by atoms with Crippen molar-refractivity contribution >= 4 is 10.1 Å². The van der Waals surface area contributed by atoms with Crippen molar-refractivity contribution < 1.29 is 28.3 Å². The third-order valence-electron chi connectivity index (χ3n) is 0.961. The van der Waals surface area contributed by atoms with Crippen LogP contribution in [0.4, 0.5) is 0 Å². The first-order valence-electron chi connectivity index (χ1n) is 2.98. The molecule has 0 radical (unpaired) electrons. The second-order valence-corrected chi connectivity index (χ2v) is 3.98. The Morgan fingerprint density at radius 2 is 1.75 bits per heavy atom. The summed E-state index contributed by atoms with van der Waals surface area (Å²) < 4.78 is 28.5. The molecule has 0 spiro atoms. The second kappa shape index (κ2) is 3.64. The second-order valence-electron chi connectivity index (χ2n) is 2.49. The van der Waals surface area contributed by atoms with E-state index < -0.39 is 34.3 Å². The van der Waals surface area contributed by atoms with E-state index in [0.29, 0.717) is 0 Å². The molecule has 0 aliphatic rings. The topological polar surface area (TPSA) is 141 Å². The van der Waals surface area contributed by atoms with E-state index in [1.165, 1.54) is 0 Å². The van der Waals surface area contributed by atoms with Crippen LogP contribution in [0, 0.1) is 0 Å². The Morgan fingerprint density at radius 3 is 2.00 bits per heavy atom. The molecule has 0 saturated carbocycles. The maximum atomic E-state index is 10.2. The average Bonchev–Trinajstić information content (AvgIpc) is 1.49. The van der Waals surface area contributed by atoms with E-state index in [1.807, 2.05) is 0 Å².